The van der Waals surface area contributed by atoms with Crippen LogP contribution in [0.5, 0.6) is 11.5 Å². The lowest BCUT2D eigenvalue weighted by Crippen LogP contribution is -2.36. The Morgan fingerprint density at radius 3 is 2.45 bits per heavy atom. The first-order chi connectivity index (χ1) is 19.2. The Morgan fingerprint density at radius 2 is 1.77 bits per heavy atom. The summed E-state index contributed by atoms with van der Waals surface area (Å²) in [4.78, 5) is 38.7. The number of nitrogens with one attached hydrogen (secondary N) is 1. The number of hydrogen-bond acceptors (Lipinski definition) is 8. The topological polar surface area (TPSA) is 117 Å². The first kappa shape index (κ1) is 27.7. The van der Waals surface area contributed by atoms with Gasteiger partial charge in [0, 0.05) is 46.5 Å². The lowest BCUT2D eigenvalue weighted by molar-refractivity contribution is -0.384. The molecule has 40 heavy (non-hydrogen) atoms. The fraction of sp³-hybridized carbons (Fsp3) is 0.400. The second-order valence-electron chi connectivity index (χ2n) is 10.4. The van der Waals surface area contributed by atoms with E-state index < -0.39 is 16.8 Å². The van der Waals surface area contributed by atoms with Crippen molar-refractivity contribution in [2.75, 3.05) is 14.2 Å². The molecule has 5 rings (SSSR count). The molecule has 0 saturated heterocycles. The number of allylic oxidation sites excluding steroid dienone is 3. The Hall–Kier alpha value is -3.85. The summed E-state index contributed by atoms with van der Waals surface area (Å²) in [5.41, 5.74) is 2.92. The van der Waals surface area contributed by atoms with Gasteiger partial charge in [-0.3, -0.25) is 14.9 Å². The van der Waals surface area contributed by atoms with Crippen molar-refractivity contribution in [3.63, 3.8) is 0 Å². The highest BCUT2D eigenvalue weighted by Crippen LogP contribution is 2.48. The fourth-order valence-corrected chi connectivity index (χ4v) is 6.28. The SMILES string of the molecule is COc1ccc([C@@H]2CC(=O)C3=C(C2)NC(C)=C(C(=O)OC2CCCC2)[C@@H]3c2cc([N+](=O)[O-])ccc2Cl)cc1OC. The zero-order valence-corrected chi connectivity index (χ0v) is 23.4. The number of esters is 1. The molecule has 1 saturated carbocycles. The van der Waals surface area contributed by atoms with Gasteiger partial charge in [-0.15, -0.1) is 0 Å². The van der Waals surface area contributed by atoms with Crippen LogP contribution in [0.3, 0.4) is 0 Å². The Labute approximate surface area is 237 Å². The summed E-state index contributed by atoms with van der Waals surface area (Å²) in [6.07, 6.45) is 4.02. The van der Waals surface area contributed by atoms with Crippen molar-refractivity contribution in [2.24, 2.45) is 0 Å². The van der Waals surface area contributed by atoms with Crippen molar-refractivity contribution in [2.45, 2.75) is 63.4 Å². The average Bonchev–Trinajstić information content (AvgIpc) is 3.44. The van der Waals surface area contributed by atoms with Crippen molar-refractivity contribution in [1.82, 2.24) is 5.32 Å². The van der Waals surface area contributed by atoms with Gasteiger partial charge in [0.05, 0.1) is 24.7 Å². The van der Waals surface area contributed by atoms with Crippen molar-refractivity contribution in [3.8, 4) is 11.5 Å². The lowest BCUT2D eigenvalue weighted by atomic mass is 9.71. The minimum atomic E-state index is -0.892. The summed E-state index contributed by atoms with van der Waals surface area (Å²) in [6, 6.07) is 9.69. The third kappa shape index (κ3) is 5.18. The van der Waals surface area contributed by atoms with E-state index in [2.05, 4.69) is 5.32 Å². The molecule has 0 aromatic heterocycles. The molecule has 1 aliphatic heterocycles. The van der Waals surface area contributed by atoms with Crippen LogP contribution in [0.15, 0.2) is 58.9 Å². The summed E-state index contributed by atoms with van der Waals surface area (Å²) >= 11 is 6.61. The zero-order valence-electron chi connectivity index (χ0n) is 22.6. The molecule has 1 N–H and O–H groups in total. The predicted molar refractivity (Wildman–Crippen MR) is 149 cm³/mol. The van der Waals surface area contributed by atoms with Gasteiger partial charge in [-0.25, -0.2) is 4.79 Å². The van der Waals surface area contributed by atoms with Gasteiger partial charge in [-0.2, -0.15) is 0 Å². The monoisotopic (exact) mass is 566 g/mol. The predicted octanol–water partition coefficient (Wildman–Crippen LogP) is 6.11. The minimum absolute atomic E-state index is 0.153. The van der Waals surface area contributed by atoms with Crippen molar-refractivity contribution in [1.29, 1.82) is 0 Å². The second-order valence-corrected chi connectivity index (χ2v) is 10.8. The highest BCUT2D eigenvalue weighted by molar-refractivity contribution is 6.31. The van der Waals surface area contributed by atoms with Crippen LogP contribution in [0, 0.1) is 10.1 Å². The van der Waals surface area contributed by atoms with E-state index in [9.17, 15) is 19.7 Å². The van der Waals surface area contributed by atoms with E-state index in [4.69, 9.17) is 25.8 Å². The largest absolute Gasteiger partial charge is 0.493 e. The van der Waals surface area contributed by atoms with E-state index >= 15 is 0 Å². The van der Waals surface area contributed by atoms with Crippen molar-refractivity contribution < 1.29 is 28.7 Å². The van der Waals surface area contributed by atoms with E-state index in [0.29, 0.717) is 40.5 Å². The number of nitro benzene ring substituents is 1. The van der Waals surface area contributed by atoms with Crippen molar-refractivity contribution in [3.05, 3.63) is 85.2 Å². The number of carbonyl (C=O) groups excluding carboxylic acids is 2. The molecule has 0 unspecified atom stereocenters. The molecule has 2 aliphatic carbocycles. The number of methoxy groups -OCH3 is 2. The average molecular weight is 567 g/mol. The maximum Gasteiger partial charge on any atom is 0.337 e. The Kier molecular flexibility index (Phi) is 7.85. The van der Waals surface area contributed by atoms with Crippen molar-refractivity contribution >= 4 is 29.0 Å². The van der Waals surface area contributed by atoms with Crippen LogP contribution in [0.1, 0.15) is 68.4 Å². The molecule has 1 heterocycles. The van der Waals surface area contributed by atoms with E-state index in [0.717, 1.165) is 31.2 Å². The first-order valence-corrected chi connectivity index (χ1v) is 13.7. The number of benzene rings is 2. The molecule has 10 heteroatoms. The molecule has 210 valence electrons. The van der Waals surface area contributed by atoms with Crippen LogP contribution >= 0.6 is 11.6 Å². The van der Waals surface area contributed by atoms with Gasteiger partial charge < -0.3 is 19.5 Å². The number of nitro groups is 1. The van der Waals surface area contributed by atoms with Crippen LogP contribution in [0.2, 0.25) is 5.02 Å². The van der Waals surface area contributed by atoms with Gasteiger partial charge in [0.1, 0.15) is 6.10 Å². The van der Waals surface area contributed by atoms with Gasteiger partial charge in [0.25, 0.3) is 5.69 Å². The molecule has 0 radical (unpaired) electrons. The van der Waals surface area contributed by atoms with Gasteiger partial charge in [-0.05, 0) is 74.3 Å². The molecule has 2 aromatic carbocycles. The molecule has 0 spiro atoms. The zero-order chi connectivity index (χ0) is 28.6. The Morgan fingerprint density at radius 1 is 1.05 bits per heavy atom. The number of rotatable bonds is 7. The third-order valence-electron chi connectivity index (χ3n) is 8.00. The third-order valence-corrected chi connectivity index (χ3v) is 8.35. The summed E-state index contributed by atoms with van der Waals surface area (Å²) in [6.45, 7) is 1.76. The van der Waals surface area contributed by atoms with E-state index in [-0.39, 0.29) is 40.5 Å². The Bertz CT molecular complexity index is 1440. The number of carbonyl (C=O) groups is 2. The molecular weight excluding hydrogens is 536 g/mol. The maximum atomic E-state index is 13.9. The van der Waals surface area contributed by atoms with Gasteiger partial charge in [-0.1, -0.05) is 17.7 Å². The van der Waals surface area contributed by atoms with Gasteiger partial charge in [0.2, 0.25) is 0 Å². The standard InChI is InChI=1S/C30H31ClN2O7/c1-16-27(30(35)40-20-6-4-5-7-20)28(21-15-19(33(36)37)9-10-22(21)31)29-23(32-16)12-18(13-24(29)34)17-8-11-25(38-2)26(14-17)39-3/h8-11,14-15,18,20,28,32H,4-7,12-13H2,1-3H3/t18-,28-/m0/s1. The van der Waals surface area contributed by atoms with E-state index in [1.165, 1.54) is 18.2 Å². The highest BCUT2D eigenvalue weighted by Gasteiger charge is 2.43. The molecule has 0 amide bonds. The van der Waals surface area contributed by atoms with Crippen LogP contribution in [-0.2, 0) is 14.3 Å². The summed E-state index contributed by atoms with van der Waals surface area (Å²) < 4.78 is 16.7. The van der Waals surface area contributed by atoms with Gasteiger partial charge in [0.15, 0.2) is 17.3 Å². The van der Waals surface area contributed by atoms with Gasteiger partial charge >= 0.3 is 5.97 Å². The highest BCUT2D eigenvalue weighted by atomic mass is 35.5. The number of dihydropyridines is 1. The summed E-state index contributed by atoms with van der Waals surface area (Å²) in [5.74, 6) is -0.589. The molecule has 3 aliphatic rings. The number of Topliss-reactive ketones (excluding diaryl/α,β-unsaturated/α-hetero) is 1. The number of hydrogen-bond donors (Lipinski definition) is 1. The summed E-state index contributed by atoms with van der Waals surface area (Å²) in [5, 5.41) is 15.2. The smallest absolute Gasteiger partial charge is 0.337 e. The van der Waals surface area contributed by atoms with E-state index in [1.54, 1.807) is 21.1 Å². The van der Waals surface area contributed by atoms with Crippen LogP contribution in [0.4, 0.5) is 5.69 Å². The molecular formula is C30H31ClN2O7. The van der Waals surface area contributed by atoms with Crippen LogP contribution in [0.25, 0.3) is 0 Å². The molecule has 1 fully saturated rings. The molecule has 9 nitrogen and oxygen atoms in total. The summed E-state index contributed by atoms with van der Waals surface area (Å²) in [7, 11) is 3.12. The lowest BCUT2D eigenvalue weighted by Gasteiger charge is -2.37. The minimum Gasteiger partial charge on any atom is -0.493 e. The Balaban J connectivity index is 1.59. The maximum absolute atomic E-state index is 13.9. The molecule has 0 bridgehead atoms. The van der Waals surface area contributed by atoms with E-state index in [1.807, 2.05) is 18.2 Å². The molecule has 2 atom stereocenters. The number of ketones is 1. The second kappa shape index (κ2) is 11.3. The normalized spacial score (nSPS) is 21.1. The number of ether oxygens (including phenoxy) is 3. The molecule has 2 aromatic rings. The fourth-order valence-electron chi connectivity index (χ4n) is 6.05. The number of nitrogens with zero attached hydrogens (tertiary/aromatic N) is 1. The number of non-ortho nitro benzene ring substituents is 1. The van der Waals surface area contributed by atoms with Crippen LogP contribution < -0.4 is 14.8 Å². The van der Waals surface area contributed by atoms with Crippen LogP contribution in [-0.4, -0.2) is 37.0 Å². The number of halogens is 1. The quantitative estimate of drug-likeness (QED) is 0.242. The first-order valence-electron chi connectivity index (χ1n) is 13.3.